The molecule has 0 spiro atoms. The van der Waals surface area contributed by atoms with E-state index in [0.29, 0.717) is 18.2 Å². The number of hydrogen-bond donors (Lipinski definition) is 1. The number of hydrogen-bond acceptors (Lipinski definition) is 2. The van der Waals surface area contributed by atoms with Crippen molar-refractivity contribution in [3.05, 3.63) is 23.8 Å². The molecule has 0 saturated heterocycles. The zero-order valence-electron chi connectivity index (χ0n) is 10.5. The molecule has 0 aliphatic carbocycles. The standard InChI is InChI=1S/C13H17F3N2/c1-9(2)8-18-6-5-17-11-7-10(13(14,15)16)3-4-12(11)18/h3-4,7,9,17H,5-6,8H2,1-2H3. The van der Waals surface area contributed by atoms with Crippen molar-refractivity contribution >= 4 is 11.4 Å². The molecule has 1 aromatic carbocycles. The third-order valence-corrected chi connectivity index (χ3v) is 2.95. The summed E-state index contributed by atoms with van der Waals surface area (Å²) in [6.07, 6.45) is -4.28. The lowest BCUT2D eigenvalue weighted by atomic mass is 10.1. The predicted octanol–water partition coefficient (Wildman–Crippen LogP) is 3.59. The van der Waals surface area contributed by atoms with E-state index in [9.17, 15) is 13.2 Å². The highest BCUT2D eigenvalue weighted by Crippen LogP contribution is 2.36. The van der Waals surface area contributed by atoms with Crippen LogP contribution in [0.5, 0.6) is 0 Å². The van der Waals surface area contributed by atoms with Gasteiger partial charge < -0.3 is 10.2 Å². The minimum Gasteiger partial charge on any atom is -0.382 e. The van der Waals surface area contributed by atoms with Gasteiger partial charge in [0.05, 0.1) is 16.9 Å². The van der Waals surface area contributed by atoms with Crippen LogP contribution in [-0.2, 0) is 6.18 Å². The molecule has 1 N–H and O–H groups in total. The fourth-order valence-corrected chi connectivity index (χ4v) is 2.21. The van der Waals surface area contributed by atoms with Crippen LogP contribution < -0.4 is 10.2 Å². The molecule has 1 aliphatic rings. The van der Waals surface area contributed by atoms with E-state index < -0.39 is 11.7 Å². The lowest BCUT2D eigenvalue weighted by Crippen LogP contribution is -2.36. The summed E-state index contributed by atoms with van der Waals surface area (Å²) in [7, 11) is 0. The number of nitrogens with zero attached hydrogens (tertiary/aromatic N) is 1. The number of fused-ring (bicyclic) bond motifs is 1. The highest BCUT2D eigenvalue weighted by Gasteiger charge is 2.32. The molecule has 0 radical (unpaired) electrons. The van der Waals surface area contributed by atoms with E-state index in [2.05, 4.69) is 24.1 Å². The van der Waals surface area contributed by atoms with Gasteiger partial charge >= 0.3 is 6.18 Å². The van der Waals surface area contributed by atoms with Gasteiger partial charge in [-0.1, -0.05) is 13.8 Å². The summed E-state index contributed by atoms with van der Waals surface area (Å²) in [4.78, 5) is 2.14. The van der Waals surface area contributed by atoms with Gasteiger partial charge in [-0.05, 0) is 24.1 Å². The molecule has 1 aliphatic heterocycles. The van der Waals surface area contributed by atoms with E-state index in [1.54, 1.807) is 6.07 Å². The van der Waals surface area contributed by atoms with Crippen LogP contribution >= 0.6 is 0 Å². The lowest BCUT2D eigenvalue weighted by Gasteiger charge is -2.33. The van der Waals surface area contributed by atoms with Gasteiger partial charge in [-0.2, -0.15) is 13.2 Å². The van der Waals surface area contributed by atoms with Crippen LogP contribution in [0.2, 0.25) is 0 Å². The highest BCUT2D eigenvalue weighted by molar-refractivity contribution is 5.73. The van der Waals surface area contributed by atoms with Crippen molar-refractivity contribution in [2.24, 2.45) is 5.92 Å². The molecule has 5 heteroatoms. The highest BCUT2D eigenvalue weighted by atomic mass is 19.4. The first-order valence-electron chi connectivity index (χ1n) is 6.08. The summed E-state index contributed by atoms with van der Waals surface area (Å²) >= 11 is 0. The Kier molecular flexibility index (Phi) is 3.41. The maximum Gasteiger partial charge on any atom is 0.416 e. The minimum atomic E-state index is -4.28. The van der Waals surface area contributed by atoms with E-state index in [0.717, 1.165) is 24.8 Å². The fraction of sp³-hybridized carbons (Fsp3) is 0.538. The largest absolute Gasteiger partial charge is 0.416 e. The molecule has 0 bridgehead atoms. The summed E-state index contributed by atoms with van der Waals surface area (Å²) in [5.41, 5.74) is 0.847. The van der Waals surface area contributed by atoms with Crippen LogP contribution in [0.1, 0.15) is 19.4 Å². The molecule has 0 aromatic heterocycles. The monoisotopic (exact) mass is 258 g/mol. The van der Waals surface area contributed by atoms with Crippen LogP contribution in [0, 0.1) is 5.92 Å². The average molecular weight is 258 g/mol. The van der Waals surface area contributed by atoms with Crippen LogP contribution in [0.3, 0.4) is 0 Å². The fourth-order valence-electron chi connectivity index (χ4n) is 2.21. The second kappa shape index (κ2) is 4.71. The number of benzene rings is 1. The van der Waals surface area contributed by atoms with Gasteiger partial charge in [0.15, 0.2) is 0 Å². The van der Waals surface area contributed by atoms with Crippen molar-refractivity contribution < 1.29 is 13.2 Å². The normalized spacial score (nSPS) is 15.6. The minimum absolute atomic E-state index is 0.484. The number of rotatable bonds is 2. The van der Waals surface area contributed by atoms with Crippen LogP contribution in [0.25, 0.3) is 0 Å². The molecule has 0 atom stereocenters. The summed E-state index contributed by atoms with van der Waals surface area (Å²) in [5.74, 6) is 0.484. The number of nitrogens with one attached hydrogen (secondary N) is 1. The smallest absolute Gasteiger partial charge is 0.382 e. The third kappa shape index (κ3) is 2.71. The molecule has 2 rings (SSSR count). The zero-order valence-corrected chi connectivity index (χ0v) is 10.5. The van der Waals surface area contributed by atoms with E-state index in [1.165, 1.54) is 6.07 Å². The number of anilines is 2. The Morgan fingerprint density at radius 2 is 2.06 bits per heavy atom. The summed E-state index contributed by atoms with van der Waals surface area (Å²) in [6.45, 7) is 6.58. The SMILES string of the molecule is CC(C)CN1CCNc2cc(C(F)(F)F)ccc21. The quantitative estimate of drug-likeness (QED) is 0.872. The van der Waals surface area contributed by atoms with E-state index in [4.69, 9.17) is 0 Å². The first-order valence-corrected chi connectivity index (χ1v) is 6.08. The Labute approximate surface area is 105 Å². The van der Waals surface area contributed by atoms with Crippen LogP contribution in [0.15, 0.2) is 18.2 Å². The van der Waals surface area contributed by atoms with Gasteiger partial charge in [0.25, 0.3) is 0 Å². The molecule has 1 aromatic rings. The summed E-state index contributed by atoms with van der Waals surface area (Å²) in [6, 6.07) is 3.91. The maximum atomic E-state index is 12.6. The number of alkyl halides is 3. The first-order chi connectivity index (χ1) is 8.38. The molecular weight excluding hydrogens is 241 g/mol. The van der Waals surface area contributed by atoms with Crippen molar-refractivity contribution in [1.82, 2.24) is 0 Å². The van der Waals surface area contributed by atoms with Gasteiger partial charge in [-0.3, -0.25) is 0 Å². The Bertz CT molecular complexity index is 427. The van der Waals surface area contributed by atoms with E-state index in [-0.39, 0.29) is 0 Å². The van der Waals surface area contributed by atoms with Gasteiger partial charge in [0.2, 0.25) is 0 Å². The Balaban J connectivity index is 2.31. The second-order valence-electron chi connectivity index (χ2n) is 5.00. The lowest BCUT2D eigenvalue weighted by molar-refractivity contribution is -0.137. The van der Waals surface area contributed by atoms with Gasteiger partial charge in [0.1, 0.15) is 0 Å². The van der Waals surface area contributed by atoms with Crippen LogP contribution in [-0.4, -0.2) is 19.6 Å². The van der Waals surface area contributed by atoms with Crippen molar-refractivity contribution in [1.29, 1.82) is 0 Å². The van der Waals surface area contributed by atoms with Crippen molar-refractivity contribution in [2.75, 3.05) is 29.9 Å². The first kappa shape index (κ1) is 13.1. The molecule has 2 nitrogen and oxygen atoms in total. The van der Waals surface area contributed by atoms with Gasteiger partial charge in [0, 0.05) is 19.6 Å². The molecule has 0 saturated carbocycles. The van der Waals surface area contributed by atoms with E-state index in [1.807, 2.05) is 0 Å². The zero-order chi connectivity index (χ0) is 13.3. The summed E-state index contributed by atoms with van der Waals surface area (Å²) < 4.78 is 37.9. The molecular formula is C13H17F3N2. The van der Waals surface area contributed by atoms with Crippen molar-refractivity contribution in [3.8, 4) is 0 Å². The molecule has 100 valence electrons. The molecule has 1 heterocycles. The predicted molar refractivity (Wildman–Crippen MR) is 67.0 cm³/mol. The Morgan fingerprint density at radius 3 is 2.67 bits per heavy atom. The molecule has 18 heavy (non-hydrogen) atoms. The van der Waals surface area contributed by atoms with Gasteiger partial charge in [-0.25, -0.2) is 0 Å². The van der Waals surface area contributed by atoms with Crippen LogP contribution in [0.4, 0.5) is 24.5 Å². The van der Waals surface area contributed by atoms with E-state index >= 15 is 0 Å². The van der Waals surface area contributed by atoms with Crippen molar-refractivity contribution in [2.45, 2.75) is 20.0 Å². The average Bonchev–Trinajstić information content (AvgIpc) is 2.27. The second-order valence-corrected chi connectivity index (χ2v) is 5.00. The topological polar surface area (TPSA) is 15.3 Å². The third-order valence-electron chi connectivity index (χ3n) is 2.95. The van der Waals surface area contributed by atoms with Gasteiger partial charge in [-0.15, -0.1) is 0 Å². The Morgan fingerprint density at radius 1 is 1.33 bits per heavy atom. The number of halogens is 3. The molecule has 0 amide bonds. The molecule has 0 fully saturated rings. The van der Waals surface area contributed by atoms with Crippen molar-refractivity contribution in [3.63, 3.8) is 0 Å². The Hall–Kier alpha value is -1.39. The maximum absolute atomic E-state index is 12.6. The molecule has 0 unspecified atom stereocenters. The summed E-state index contributed by atoms with van der Waals surface area (Å²) in [5, 5.41) is 3.04.